The molecule has 2 fully saturated rings. The van der Waals surface area contributed by atoms with E-state index in [1.807, 2.05) is 11.8 Å². The summed E-state index contributed by atoms with van der Waals surface area (Å²) in [7, 11) is 0. The topological polar surface area (TPSA) is 60.0 Å². The number of halogens is 1. The van der Waals surface area contributed by atoms with Gasteiger partial charge in [0.1, 0.15) is 5.82 Å². The van der Waals surface area contributed by atoms with E-state index in [0.29, 0.717) is 32.1 Å². The number of amides is 1. The molecule has 3 rings (SSSR count). The summed E-state index contributed by atoms with van der Waals surface area (Å²) in [4.78, 5) is 21.0. The van der Waals surface area contributed by atoms with Gasteiger partial charge in [0.15, 0.2) is 5.96 Å². The quantitative estimate of drug-likeness (QED) is 0.597. The zero-order chi connectivity index (χ0) is 18.4. The lowest BCUT2D eigenvalue weighted by Gasteiger charge is -2.36. The number of aliphatic imine (C=N–C) groups is 1. The number of nitrogens with one attached hydrogen (secondary N) is 2. The highest BCUT2D eigenvalue weighted by atomic mass is 19.1. The summed E-state index contributed by atoms with van der Waals surface area (Å²) in [5.41, 5.74) is 1.00. The van der Waals surface area contributed by atoms with Crippen LogP contribution in [0.5, 0.6) is 0 Å². The number of carbonyl (C=O) groups is 1. The standard InChI is InChI=1S/C19H28FN5O/c1-2-21-19(23-16-5-6-16)22-10-9-18(26)25-13-11-24(12-14-25)17-7-3-15(20)4-8-17/h3-4,7-8,16H,2,5-6,9-14H2,1H3,(H2,21,22,23). The molecule has 1 amide bonds. The Morgan fingerprint density at radius 1 is 1.19 bits per heavy atom. The smallest absolute Gasteiger partial charge is 0.224 e. The lowest BCUT2D eigenvalue weighted by Crippen LogP contribution is -2.49. The zero-order valence-electron chi connectivity index (χ0n) is 15.4. The molecule has 0 unspecified atom stereocenters. The average molecular weight is 361 g/mol. The van der Waals surface area contributed by atoms with Crippen molar-refractivity contribution in [2.24, 2.45) is 4.99 Å². The Labute approximate surface area is 154 Å². The minimum Gasteiger partial charge on any atom is -0.368 e. The molecular weight excluding hydrogens is 333 g/mol. The summed E-state index contributed by atoms with van der Waals surface area (Å²) in [5.74, 6) is 0.731. The van der Waals surface area contributed by atoms with Gasteiger partial charge in [0.05, 0.1) is 6.54 Å². The van der Waals surface area contributed by atoms with Crippen LogP contribution in [0.4, 0.5) is 10.1 Å². The predicted octanol–water partition coefficient (Wildman–Crippen LogP) is 1.58. The van der Waals surface area contributed by atoms with Crippen LogP contribution in [0.25, 0.3) is 0 Å². The first kappa shape index (κ1) is 18.5. The van der Waals surface area contributed by atoms with Gasteiger partial charge < -0.3 is 20.4 Å². The summed E-state index contributed by atoms with van der Waals surface area (Å²) < 4.78 is 13.0. The van der Waals surface area contributed by atoms with Crippen LogP contribution in [0.15, 0.2) is 29.3 Å². The molecule has 1 aliphatic carbocycles. The van der Waals surface area contributed by atoms with Crippen LogP contribution in [0.1, 0.15) is 26.2 Å². The van der Waals surface area contributed by atoms with Crippen LogP contribution >= 0.6 is 0 Å². The molecule has 1 aromatic carbocycles. The van der Waals surface area contributed by atoms with E-state index in [9.17, 15) is 9.18 Å². The predicted molar refractivity (Wildman–Crippen MR) is 102 cm³/mol. The second kappa shape index (κ2) is 8.87. The van der Waals surface area contributed by atoms with Crippen LogP contribution in [-0.2, 0) is 4.79 Å². The van der Waals surface area contributed by atoms with Crippen LogP contribution in [0, 0.1) is 5.82 Å². The number of nitrogens with zero attached hydrogens (tertiary/aromatic N) is 3. The van der Waals surface area contributed by atoms with Crippen molar-refractivity contribution in [2.75, 3.05) is 44.2 Å². The number of guanidine groups is 1. The third-order valence-electron chi connectivity index (χ3n) is 4.68. The summed E-state index contributed by atoms with van der Waals surface area (Å²) in [5, 5.41) is 6.57. The van der Waals surface area contributed by atoms with E-state index in [0.717, 1.165) is 31.3 Å². The maximum atomic E-state index is 13.0. The summed E-state index contributed by atoms with van der Waals surface area (Å²) in [6.07, 6.45) is 2.82. The molecule has 2 N–H and O–H groups in total. The van der Waals surface area contributed by atoms with Crippen molar-refractivity contribution in [2.45, 2.75) is 32.2 Å². The Kier molecular flexibility index (Phi) is 6.30. The molecule has 0 aromatic heterocycles. The number of hydrogen-bond donors (Lipinski definition) is 2. The molecule has 26 heavy (non-hydrogen) atoms. The van der Waals surface area contributed by atoms with Gasteiger partial charge in [0, 0.05) is 50.9 Å². The second-order valence-corrected chi connectivity index (χ2v) is 6.77. The summed E-state index contributed by atoms with van der Waals surface area (Å²) >= 11 is 0. The van der Waals surface area contributed by atoms with Gasteiger partial charge in [0.25, 0.3) is 0 Å². The first-order valence-electron chi connectivity index (χ1n) is 9.49. The van der Waals surface area contributed by atoms with Crippen molar-refractivity contribution in [3.8, 4) is 0 Å². The Balaban J connectivity index is 1.42. The van der Waals surface area contributed by atoms with Crippen LogP contribution < -0.4 is 15.5 Å². The number of anilines is 1. The van der Waals surface area contributed by atoms with Gasteiger partial charge in [-0.05, 0) is 44.0 Å². The van der Waals surface area contributed by atoms with E-state index in [-0.39, 0.29) is 11.7 Å². The van der Waals surface area contributed by atoms with Gasteiger partial charge in [-0.25, -0.2) is 4.39 Å². The number of hydrogen-bond acceptors (Lipinski definition) is 3. The van der Waals surface area contributed by atoms with Crippen LogP contribution in [0.2, 0.25) is 0 Å². The number of rotatable bonds is 6. The largest absolute Gasteiger partial charge is 0.368 e. The summed E-state index contributed by atoms with van der Waals surface area (Å²) in [6.45, 7) is 6.28. The highest BCUT2D eigenvalue weighted by Crippen LogP contribution is 2.18. The average Bonchev–Trinajstić information content (AvgIpc) is 3.46. The number of piperazine rings is 1. The van der Waals surface area contributed by atoms with Gasteiger partial charge in [-0.3, -0.25) is 9.79 Å². The van der Waals surface area contributed by atoms with E-state index >= 15 is 0 Å². The lowest BCUT2D eigenvalue weighted by atomic mass is 10.2. The van der Waals surface area contributed by atoms with Gasteiger partial charge >= 0.3 is 0 Å². The molecule has 1 aliphatic heterocycles. The zero-order valence-corrected chi connectivity index (χ0v) is 15.4. The molecule has 1 saturated heterocycles. The van der Waals surface area contributed by atoms with Crippen molar-refractivity contribution in [1.82, 2.24) is 15.5 Å². The fraction of sp³-hybridized carbons (Fsp3) is 0.579. The Bertz CT molecular complexity index is 621. The third kappa shape index (κ3) is 5.34. The molecule has 0 atom stereocenters. The van der Waals surface area contributed by atoms with E-state index in [1.165, 1.54) is 25.0 Å². The fourth-order valence-electron chi connectivity index (χ4n) is 3.03. The molecule has 2 aliphatic rings. The Morgan fingerprint density at radius 2 is 1.88 bits per heavy atom. The first-order valence-corrected chi connectivity index (χ1v) is 9.49. The molecule has 6 nitrogen and oxygen atoms in total. The lowest BCUT2D eigenvalue weighted by molar-refractivity contribution is -0.131. The van der Waals surface area contributed by atoms with Gasteiger partial charge in [0.2, 0.25) is 5.91 Å². The molecule has 142 valence electrons. The molecule has 1 aromatic rings. The SMILES string of the molecule is CCNC(=NCCC(=O)N1CCN(c2ccc(F)cc2)CC1)NC1CC1. The fourth-order valence-corrected chi connectivity index (χ4v) is 3.03. The van der Waals surface area contributed by atoms with Gasteiger partial charge in [-0.1, -0.05) is 0 Å². The van der Waals surface area contributed by atoms with E-state index in [2.05, 4.69) is 20.5 Å². The monoisotopic (exact) mass is 361 g/mol. The molecule has 1 saturated carbocycles. The van der Waals surface area contributed by atoms with Crippen LogP contribution in [-0.4, -0.2) is 62.1 Å². The van der Waals surface area contributed by atoms with Gasteiger partial charge in [-0.15, -0.1) is 0 Å². The molecule has 0 spiro atoms. The normalized spacial score (nSPS) is 18.0. The molecule has 0 bridgehead atoms. The Morgan fingerprint density at radius 3 is 2.50 bits per heavy atom. The van der Waals surface area contributed by atoms with Crippen molar-refractivity contribution >= 4 is 17.6 Å². The molecule has 1 heterocycles. The minimum atomic E-state index is -0.226. The van der Waals surface area contributed by atoms with Crippen molar-refractivity contribution < 1.29 is 9.18 Å². The maximum Gasteiger partial charge on any atom is 0.224 e. The van der Waals surface area contributed by atoms with E-state index < -0.39 is 0 Å². The van der Waals surface area contributed by atoms with Crippen molar-refractivity contribution in [1.29, 1.82) is 0 Å². The number of benzene rings is 1. The second-order valence-electron chi connectivity index (χ2n) is 6.77. The molecule has 7 heteroatoms. The minimum absolute atomic E-state index is 0.148. The highest BCUT2D eigenvalue weighted by Gasteiger charge is 2.23. The van der Waals surface area contributed by atoms with Crippen molar-refractivity contribution in [3.63, 3.8) is 0 Å². The molecular formula is C19H28FN5O. The third-order valence-corrected chi connectivity index (χ3v) is 4.68. The van der Waals surface area contributed by atoms with E-state index in [1.54, 1.807) is 12.1 Å². The maximum absolute atomic E-state index is 13.0. The summed E-state index contributed by atoms with van der Waals surface area (Å²) in [6, 6.07) is 7.07. The first-order chi connectivity index (χ1) is 12.7. The number of carbonyl (C=O) groups excluding carboxylic acids is 1. The Hall–Kier alpha value is -2.31. The van der Waals surface area contributed by atoms with E-state index in [4.69, 9.17) is 0 Å². The molecule has 0 radical (unpaired) electrons. The van der Waals surface area contributed by atoms with Crippen molar-refractivity contribution in [3.05, 3.63) is 30.1 Å². The highest BCUT2D eigenvalue weighted by molar-refractivity contribution is 5.81. The van der Waals surface area contributed by atoms with Crippen LogP contribution in [0.3, 0.4) is 0 Å². The van der Waals surface area contributed by atoms with Gasteiger partial charge in [-0.2, -0.15) is 0 Å².